The predicted molar refractivity (Wildman–Crippen MR) is 104 cm³/mol. The van der Waals surface area contributed by atoms with Gasteiger partial charge < -0.3 is 15.4 Å². The van der Waals surface area contributed by atoms with Crippen molar-refractivity contribution in [2.45, 2.75) is 32.1 Å². The summed E-state index contributed by atoms with van der Waals surface area (Å²) in [5.41, 5.74) is 1.53. The summed E-state index contributed by atoms with van der Waals surface area (Å²) in [6.45, 7) is 7.96. The number of thiol groups is 1. The molecule has 5 nitrogen and oxygen atoms in total. The van der Waals surface area contributed by atoms with Crippen LogP contribution < -0.4 is 10.6 Å². The Bertz CT molecular complexity index is 591. The third-order valence-electron chi connectivity index (χ3n) is 3.46. The first-order valence-corrected chi connectivity index (χ1v) is 8.92. The van der Waals surface area contributed by atoms with Crippen molar-refractivity contribution in [3.63, 3.8) is 0 Å². The number of nitrogens with one attached hydrogen (secondary N) is 2. The number of amides is 2. The Hall–Kier alpha value is -2.21. The summed E-state index contributed by atoms with van der Waals surface area (Å²) in [4.78, 5) is 23.1. The van der Waals surface area contributed by atoms with Crippen LogP contribution >= 0.6 is 12.6 Å². The van der Waals surface area contributed by atoms with Crippen LogP contribution in [-0.4, -0.2) is 24.1 Å². The van der Waals surface area contributed by atoms with Crippen molar-refractivity contribution in [1.82, 2.24) is 10.6 Å². The Balaban J connectivity index is 2.34. The first-order chi connectivity index (χ1) is 12.1. The smallest absolute Gasteiger partial charge is 0.229 e. The van der Waals surface area contributed by atoms with Crippen molar-refractivity contribution in [2.75, 3.05) is 12.3 Å². The lowest BCUT2D eigenvalue weighted by Crippen LogP contribution is -2.25. The molecule has 0 aromatic carbocycles. The van der Waals surface area contributed by atoms with E-state index in [1.807, 2.05) is 24.3 Å². The summed E-state index contributed by atoms with van der Waals surface area (Å²) in [6.07, 6.45) is 12.6. The molecular weight excluding hydrogens is 336 g/mol. The summed E-state index contributed by atoms with van der Waals surface area (Å²) < 4.78 is 5.19. The fourth-order valence-electron chi connectivity index (χ4n) is 2.19. The van der Waals surface area contributed by atoms with E-state index in [9.17, 15) is 9.59 Å². The monoisotopic (exact) mass is 362 g/mol. The molecule has 0 fully saturated rings. The molecule has 0 bridgehead atoms. The van der Waals surface area contributed by atoms with E-state index in [2.05, 4.69) is 36.4 Å². The molecule has 1 aliphatic rings. The first kappa shape index (κ1) is 20.8. The quantitative estimate of drug-likeness (QED) is 0.300. The van der Waals surface area contributed by atoms with Crippen LogP contribution in [0.15, 0.2) is 60.8 Å². The molecule has 2 amide bonds. The fourth-order valence-corrected chi connectivity index (χ4v) is 2.30. The van der Waals surface area contributed by atoms with Gasteiger partial charge in [0.2, 0.25) is 11.8 Å². The zero-order valence-corrected chi connectivity index (χ0v) is 15.3. The first-order valence-electron chi connectivity index (χ1n) is 8.29. The lowest BCUT2D eigenvalue weighted by molar-refractivity contribution is -0.120. The minimum atomic E-state index is -0.0698. The summed E-state index contributed by atoms with van der Waals surface area (Å²) >= 11 is 3.89. The minimum Gasteiger partial charge on any atom is -0.466 e. The number of hydrogen-bond acceptors (Lipinski definition) is 4. The van der Waals surface area contributed by atoms with Crippen LogP contribution in [0.3, 0.4) is 0 Å². The molecule has 25 heavy (non-hydrogen) atoms. The van der Waals surface area contributed by atoms with Gasteiger partial charge in [0.05, 0.1) is 12.0 Å². The van der Waals surface area contributed by atoms with Crippen LogP contribution in [0.1, 0.15) is 32.1 Å². The van der Waals surface area contributed by atoms with Crippen LogP contribution in [-0.2, 0) is 14.3 Å². The van der Waals surface area contributed by atoms with Gasteiger partial charge in [-0.15, -0.1) is 0 Å². The normalized spacial score (nSPS) is 13.2. The molecule has 0 saturated heterocycles. The highest BCUT2D eigenvalue weighted by Crippen LogP contribution is 2.17. The third-order valence-corrected chi connectivity index (χ3v) is 3.75. The van der Waals surface area contributed by atoms with Gasteiger partial charge in [-0.25, -0.2) is 0 Å². The van der Waals surface area contributed by atoms with Crippen molar-refractivity contribution in [3.8, 4) is 0 Å². The zero-order valence-electron chi connectivity index (χ0n) is 14.4. The lowest BCUT2D eigenvalue weighted by atomic mass is 10.1. The molecule has 1 rings (SSSR count). The predicted octanol–water partition coefficient (Wildman–Crippen LogP) is 3.15. The molecule has 0 radical (unpaired) electrons. The summed E-state index contributed by atoms with van der Waals surface area (Å²) in [5, 5.41) is 5.66. The third kappa shape index (κ3) is 9.00. The van der Waals surface area contributed by atoms with Gasteiger partial charge >= 0.3 is 0 Å². The van der Waals surface area contributed by atoms with Gasteiger partial charge in [0, 0.05) is 24.2 Å². The number of carbonyl (C=O) groups is 2. The SMILES string of the molecule is C=COC(=C)C1=CC(NC(=O)CCCCCNC(=O)CS)=CCC=C1. The van der Waals surface area contributed by atoms with E-state index in [-0.39, 0.29) is 17.6 Å². The minimum absolute atomic E-state index is 0.0293. The number of unbranched alkanes of at least 4 members (excludes halogenated alkanes) is 2. The highest BCUT2D eigenvalue weighted by atomic mass is 32.1. The molecule has 1 aliphatic carbocycles. The molecule has 2 N–H and O–H groups in total. The number of rotatable bonds is 11. The van der Waals surface area contributed by atoms with Crippen molar-refractivity contribution < 1.29 is 14.3 Å². The van der Waals surface area contributed by atoms with Gasteiger partial charge in [-0.3, -0.25) is 9.59 Å². The summed E-state index contributed by atoms with van der Waals surface area (Å²) in [7, 11) is 0. The molecular formula is C19H26N2O3S. The topological polar surface area (TPSA) is 67.4 Å². The van der Waals surface area contributed by atoms with Gasteiger partial charge in [-0.2, -0.15) is 12.6 Å². The van der Waals surface area contributed by atoms with E-state index in [0.29, 0.717) is 18.7 Å². The molecule has 0 aromatic rings. The van der Waals surface area contributed by atoms with Gasteiger partial charge in [0.1, 0.15) is 5.76 Å². The second-order valence-electron chi connectivity index (χ2n) is 5.47. The van der Waals surface area contributed by atoms with E-state index in [1.54, 1.807) is 0 Å². The van der Waals surface area contributed by atoms with E-state index in [1.165, 1.54) is 6.26 Å². The molecule has 0 saturated carbocycles. The average Bonchev–Trinajstić information content (AvgIpc) is 2.83. The van der Waals surface area contributed by atoms with Gasteiger partial charge in [-0.1, -0.05) is 37.8 Å². The van der Waals surface area contributed by atoms with E-state index in [4.69, 9.17) is 4.74 Å². The van der Waals surface area contributed by atoms with Crippen LogP contribution in [0, 0.1) is 0 Å². The van der Waals surface area contributed by atoms with E-state index in [0.717, 1.165) is 37.0 Å². The second kappa shape index (κ2) is 12.2. The Kier molecular flexibility index (Phi) is 10.2. The summed E-state index contributed by atoms with van der Waals surface area (Å²) in [5.74, 6) is 0.584. The molecule has 0 aliphatic heterocycles. The van der Waals surface area contributed by atoms with Gasteiger partial charge in [-0.05, 0) is 25.3 Å². The number of hydrogen-bond donors (Lipinski definition) is 3. The van der Waals surface area contributed by atoms with Crippen LogP contribution in [0.4, 0.5) is 0 Å². The average molecular weight is 362 g/mol. The Labute approximate surface area is 155 Å². The fraction of sp³-hybridized carbons (Fsp3) is 0.368. The number of ether oxygens (including phenoxy) is 1. The van der Waals surface area contributed by atoms with E-state index >= 15 is 0 Å². The Morgan fingerprint density at radius 3 is 2.80 bits per heavy atom. The van der Waals surface area contributed by atoms with Crippen molar-refractivity contribution in [2.24, 2.45) is 0 Å². The number of carbonyl (C=O) groups excluding carboxylic acids is 2. The maximum Gasteiger partial charge on any atom is 0.229 e. The van der Waals surface area contributed by atoms with Gasteiger partial charge in [0.15, 0.2) is 0 Å². The van der Waals surface area contributed by atoms with Crippen LogP contribution in [0.5, 0.6) is 0 Å². The standard InChI is InChI=1S/C19H26N2O3S/c1-3-24-15(2)16-9-6-7-10-17(13-16)21-18(22)11-5-4-8-12-20-19(23)14-25/h3,6,9-10,13,25H,1-2,4-5,7-8,11-12,14H2,(H,20,23)(H,21,22). The molecule has 0 atom stereocenters. The zero-order chi connectivity index (χ0) is 18.5. The van der Waals surface area contributed by atoms with Crippen molar-refractivity contribution in [1.29, 1.82) is 0 Å². The highest BCUT2D eigenvalue weighted by Gasteiger charge is 2.08. The molecule has 6 heteroatoms. The lowest BCUT2D eigenvalue weighted by Gasteiger charge is -2.09. The van der Waals surface area contributed by atoms with Crippen molar-refractivity contribution >= 4 is 24.4 Å². The molecule has 0 heterocycles. The second-order valence-corrected chi connectivity index (χ2v) is 5.79. The van der Waals surface area contributed by atoms with Crippen LogP contribution in [0.2, 0.25) is 0 Å². The van der Waals surface area contributed by atoms with E-state index < -0.39 is 0 Å². The number of allylic oxidation sites excluding steroid dienone is 4. The molecule has 136 valence electrons. The Morgan fingerprint density at radius 1 is 1.28 bits per heavy atom. The molecule has 0 spiro atoms. The van der Waals surface area contributed by atoms with Crippen molar-refractivity contribution in [3.05, 3.63) is 60.8 Å². The molecule has 0 aromatic heterocycles. The highest BCUT2D eigenvalue weighted by molar-refractivity contribution is 7.81. The molecule has 0 unspecified atom stereocenters. The maximum absolute atomic E-state index is 12.1. The maximum atomic E-state index is 12.1. The largest absolute Gasteiger partial charge is 0.466 e. The van der Waals surface area contributed by atoms with Crippen LogP contribution in [0.25, 0.3) is 0 Å². The Morgan fingerprint density at radius 2 is 2.08 bits per heavy atom. The van der Waals surface area contributed by atoms with Gasteiger partial charge in [0.25, 0.3) is 0 Å². The summed E-state index contributed by atoms with van der Waals surface area (Å²) in [6, 6.07) is 0.